The molecule has 0 unspecified atom stereocenters. The van der Waals surface area contributed by atoms with Crippen LogP contribution in [-0.2, 0) is 0 Å². The Kier molecular flexibility index (Phi) is 2.19. The van der Waals surface area contributed by atoms with Crippen LogP contribution in [0.3, 0.4) is 0 Å². The Hall–Kier alpha value is -0.960. The normalized spacial score (nSPS) is 9.73. The minimum atomic E-state index is 0.461. The number of anilines is 2. The van der Waals surface area contributed by atoms with Gasteiger partial charge in [0.25, 0.3) is 0 Å². The summed E-state index contributed by atoms with van der Waals surface area (Å²) in [7, 11) is 3.74. The summed E-state index contributed by atoms with van der Waals surface area (Å²) >= 11 is 5.67. The van der Waals surface area contributed by atoms with Crippen LogP contribution in [0.2, 0.25) is 5.15 Å². The van der Waals surface area contributed by atoms with Crippen LogP contribution in [0.1, 0.15) is 0 Å². The average molecular weight is 172 g/mol. The Bertz CT molecular complexity index is 260. The number of nitrogens with zero attached hydrogens (tertiary/aromatic N) is 2. The van der Waals surface area contributed by atoms with Crippen LogP contribution in [-0.4, -0.2) is 19.1 Å². The van der Waals surface area contributed by atoms with Gasteiger partial charge in [-0.05, 0) is 12.1 Å². The molecule has 0 saturated carbocycles. The molecule has 1 aromatic rings. The summed E-state index contributed by atoms with van der Waals surface area (Å²) in [6.07, 6.45) is 0. The van der Waals surface area contributed by atoms with E-state index in [1.165, 1.54) is 0 Å². The number of rotatable bonds is 1. The van der Waals surface area contributed by atoms with Gasteiger partial charge in [-0.25, -0.2) is 4.98 Å². The highest BCUT2D eigenvalue weighted by Gasteiger charge is 2.02. The van der Waals surface area contributed by atoms with Crippen molar-refractivity contribution < 1.29 is 0 Å². The molecule has 0 aliphatic heterocycles. The predicted molar refractivity (Wildman–Crippen MR) is 48.0 cm³/mol. The molecule has 0 bridgehead atoms. The van der Waals surface area contributed by atoms with Gasteiger partial charge in [0.2, 0.25) is 0 Å². The Balaban J connectivity index is 3.13. The zero-order valence-electron chi connectivity index (χ0n) is 6.50. The number of nitrogens with two attached hydrogens (primary N) is 1. The first-order valence-electron chi connectivity index (χ1n) is 3.20. The maximum absolute atomic E-state index is 5.67. The highest BCUT2D eigenvalue weighted by atomic mass is 35.5. The van der Waals surface area contributed by atoms with Crippen molar-refractivity contribution in [2.45, 2.75) is 0 Å². The van der Waals surface area contributed by atoms with Gasteiger partial charge in [0.1, 0.15) is 5.15 Å². The summed E-state index contributed by atoms with van der Waals surface area (Å²) in [6.45, 7) is 0. The number of hydrogen-bond acceptors (Lipinski definition) is 3. The van der Waals surface area contributed by atoms with E-state index in [0.717, 1.165) is 0 Å². The smallest absolute Gasteiger partial charge is 0.153 e. The van der Waals surface area contributed by atoms with Crippen molar-refractivity contribution in [1.29, 1.82) is 0 Å². The first kappa shape index (κ1) is 8.14. The molecule has 0 saturated heterocycles. The molecule has 0 amide bonds. The lowest BCUT2D eigenvalue weighted by Crippen LogP contribution is -2.12. The van der Waals surface area contributed by atoms with Crippen LogP contribution in [0.25, 0.3) is 0 Å². The molecule has 3 nitrogen and oxygen atoms in total. The monoisotopic (exact) mass is 171 g/mol. The molecule has 0 aliphatic rings. The zero-order chi connectivity index (χ0) is 8.43. The molecular formula is C7H10ClN3. The Morgan fingerprint density at radius 1 is 1.45 bits per heavy atom. The van der Waals surface area contributed by atoms with Gasteiger partial charge in [-0.3, -0.25) is 0 Å². The van der Waals surface area contributed by atoms with Crippen molar-refractivity contribution in [1.82, 2.24) is 4.98 Å². The zero-order valence-corrected chi connectivity index (χ0v) is 7.26. The van der Waals surface area contributed by atoms with Gasteiger partial charge < -0.3 is 10.6 Å². The van der Waals surface area contributed by atoms with Crippen molar-refractivity contribution in [3.63, 3.8) is 0 Å². The van der Waals surface area contributed by atoms with Crippen LogP contribution in [0.5, 0.6) is 0 Å². The van der Waals surface area contributed by atoms with E-state index in [1.54, 1.807) is 12.1 Å². The molecule has 2 N–H and O–H groups in total. The van der Waals surface area contributed by atoms with Crippen molar-refractivity contribution in [2.24, 2.45) is 0 Å². The molecule has 1 rings (SSSR count). The molecule has 0 radical (unpaired) electrons. The molecule has 0 atom stereocenters. The molecule has 0 fully saturated rings. The first-order valence-corrected chi connectivity index (χ1v) is 3.58. The van der Waals surface area contributed by atoms with Crippen molar-refractivity contribution in [3.05, 3.63) is 17.3 Å². The first-order chi connectivity index (χ1) is 5.11. The summed E-state index contributed by atoms with van der Waals surface area (Å²) in [5, 5.41) is 0.461. The molecule has 11 heavy (non-hydrogen) atoms. The second-order valence-electron chi connectivity index (χ2n) is 2.44. The Morgan fingerprint density at radius 2 is 2.09 bits per heavy atom. The van der Waals surface area contributed by atoms with E-state index in [9.17, 15) is 0 Å². The third kappa shape index (κ3) is 1.74. The highest BCUT2D eigenvalue weighted by Crippen LogP contribution is 2.20. The number of nitrogen functional groups attached to an aromatic ring is 1. The lowest BCUT2D eigenvalue weighted by Gasteiger charge is -2.13. The summed E-state index contributed by atoms with van der Waals surface area (Å²) in [5.74, 6) is 0.706. The second-order valence-corrected chi connectivity index (χ2v) is 2.83. The summed E-state index contributed by atoms with van der Waals surface area (Å²) in [5.41, 5.74) is 6.27. The van der Waals surface area contributed by atoms with Gasteiger partial charge in [0, 0.05) is 14.1 Å². The van der Waals surface area contributed by atoms with Gasteiger partial charge >= 0.3 is 0 Å². The summed E-state index contributed by atoms with van der Waals surface area (Å²) in [6, 6.07) is 3.41. The van der Waals surface area contributed by atoms with E-state index >= 15 is 0 Å². The van der Waals surface area contributed by atoms with Crippen LogP contribution in [0, 0.1) is 0 Å². The van der Waals surface area contributed by atoms with Crippen LogP contribution in [0.15, 0.2) is 12.1 Å². The van der Waals surface area contributed by atoms with Gasteiger partial charge in [0.15, 0.2) is 5.82 Å². The van der Waals surface area contributed by atoms with Crippen molar-refractivity contribution in [2.75, 3.05) is 24.7 Å². The summed E-state index contributed by atoms with van der Waals surface area (Å²) in [4.78, 5) is 5.86. The standard InChI is InChI=1S/C7H10ClN3/c1-11(2)7-5(9)3-4-6(8)10-7/h3-4H,9H2,1-2H3. The third-order valence-electron chi connectivity index (χ3n) is 1.29. The number of aromatic nitrogens is 1. The third-order valence-corrected chi connectivity index (χ3v) is 1.51. The van der Waals surface area contributed by atoms with E-state index in [0.29, 0.717) is 16.7 Å². The molecule has 0 aromatic carbocycles. The minimum Gasteiger partial charge on any atom is -0.396 e. The van der Waals surface area contributed by atoms with E-state index < -0.39 is 0 Å². The number of halogens is 1. The van der Waals surface area contributed by atoms with E-state index in [-0.39, 0.29) is 0 Å². The highest BCUT2D eigenvalue weighted by molar-refractivity contribution is 6.29. The largest absolute Gasteiger partial charge is 0.396 e. The SMILES string of the molecule is CN(C)c1nc(Cl)ccc1N. The van der Waals surface area contributed by atoms with Gasteiger partial charge in [0.05, 0.1) is 5.69 Å². The van der Waals surface area contributed by atoms with E-state index in [4.69, 9.17) is 17.3 Å². The molecule has 1 heterocycles. The fraction of sp³-hybridized carbons (Fsp3) is 0.286. The molecule has 4 heteroatoms. The molecule has 60 valence electrons. The minimum absolute atomic E-state index is 0.461. The van der Waals surface area contributed by atoms with Gasteiger partial charge in [-0.15, -0.1) is 0 Å². The fourth-order valence-corrected chi connectivity index (χ4v) is 0.937. The maximum atomic E-state index is 5.67. The van der Waals surface area contributed by atoms with Crippen LogP contribution < -0.4 is 10.6 Å². The second kappa shape index (κ2) is 2.96. The number of hydrogen-bond donors (Lipinski definition) is 1. The number of pyridine rings is 1. The summed E-state index contributed by atoms with van der Waals surface area (Å²) < 4.78 is 0. The molecule has 0 spiro atoms. The van der Waals surface area contributed by atoms with Crippen molar-refractivity contribution in [3.8, 4) is 0 Å². The van der Waals surface area contributed by atoms with Gasteiger partial charge in [-0.1, -0.05) is 11.6 Å². The van der Waals surface area contributed by atoms with E-state index in [2.05, 4.69) is 4.98 Å². The molecular weight excluding hydrogens is 162 g/mol. The van der Waals surface area contributed by atoms with E-state index in [1.807, 2.05) is 19.0 Å². The lowest BCUT2D eigenvalue weighted by molar-refractivity contribution is 1.07. The Labute approximate surface area is 70.8 Å². The molecule has 0 aliphatic carbocycles. The Morgan fingerprint density at radius 3 is 2.55 bits per heavy atom. The lowest BCUT2D eigenvalue weighted by atomic mass is 10.4. The molecule has 1 aromatic heterocycles. The van der Waals surface area contributed by atoms with Gasteiger partial charge in [-0.2, -0.15) is 0 Å². The average Bonchev–Trinajstić information content (AvgIpc) is 1.94. The fourth-order valence-electron chi connectivity index (χ4n) is 0.794. The van der Waals surface area contributed by atoms with Crippen molar-refractivity contribution >= 4 is 23.1 Å². The van der Waals surface area contributed by atoms with Crippen LogP contribution >= 0.6 is 11.6 Å². The van der Waals surface area contributed by atoms with Crippen LogP contribution in [0.4, 0.5) is 11.5 Å². The predicted octanol–water partition coefficient (Wildman–Crippen LogP) is 1.38. The topological polar surface area (TPSA) is 42.2 Å². The quantitative estimate of drug-likeness (QED) is 0.650. The maximum Gasteiger partial charge on any atom is 0.153 e.